The quantitative estimate of drug-likeness (QED) is 0.842. The minimum Gasteiger partial charge on any atom is -0.357 e. The maximum Gasteiger partial charge on any atom is 0.202 e. The van der Waals surface area contributed by atoms with E-state index in [4.69, 9.17) is 0 Å². The van der Waals surface area contributed by atoms with E-state index in [0.717, 1.165) is 16.7 Å². The fourth-order valence-corrected chi connectivity index (χ4v) is 2.64. The van der Waals surface area contributed by atoms with Crippen LogP contribution in [0.15, 0.2) is 0 Å². The Balaban J connectivity index is 1.88. The zero-order valence-electron chi connectivity index (χ0n) is 8.49. The SMILES string of the molecule is CSCC(C)Nc1nc(C2CC2)ns1. The van der Waals surface area contributed by atoms with Crippen LogP contribution in [-0.2, 0) is 0 Å². The molecule has 0 aromatic carbocycles. The van der Waals surface area contributed by atoms with Crippen molar-refractivity contribution in [3.63, 3.8) is 0 Å². The molecule has 1 aliphatic carbocycles. The van der Waals surface area contributed by atoms with E-state index in [2.05, 4.69) is 27.9 Å². The Labute approximate surface area is 92.9 Å². The molecule has 1 saturated carbocycles. The van der Waals surface area contributed by atoms with Crippen molar-refractivity contribution in [3.05, 3.63) is 5.82 Å². The lowest BCUT2D eigenvalue weighted by Gasteiger charge is -2.09. The maximum atomic E-state index is 4.48. The second-order valence-electron chi connectivity index (χ2n) is 3.73. The topological polar surface area (TPSA) is 37.8 Å². The Morgan fingerprint density at radius 2 is 2.43 bits per heavy atom. The molecule has 0 amide bonds. The van der Waals surface area contributed by atoms with Gasteiger partial charge in [-0.25, -0.2) is 4.98 Å². The second-order valence-corrected chi connectivity index (χ2v) is 5.40. The molecule has 0 radical (unpaired) electrons. The first-order chi connectivity index (χ1) is 6.79. The van der Waals surface area contributed by atoms with Gasteiger partial charge in [0.1, 0.15) is 5.82 Å². The predicted octanol–water partition coefficient (Wildman–Crippen LogP) is 2.58. The molecule has 1 aliphatic rings. The van der Waals surface area contributed by atoms with E-state index in [1.54, 1.807) is 0 Å². The third-order valence-corrected chi connectivity index (χ3v) is 3.66. The highest BCUT2D eigenvalue weighted by atomic mass is 32.2. The third-order valence-electron chi connectivity index (χ3n) is 2.17. The van der Waals surface area contributed by atoms with Gasteiger partial charge in [-0.2, -0.15) is 16.1 Å². The van der Waals surface area contributed by atoms with Crippen LogP contribution < -0.4 is 5.32 Å². The van der Waals surface area contributed by atoms with Crippen molar-refractivity contribution < 1.29 is 0 Å². The summed E-state index contributed by atoms with van der Waals surface area (Å²) >= 11 is 3.34. The Morgan fingerprint density at radius 1 is 1.64 bits per heavy atom. The molecule has 1 N–H and O–H groups in total. The van der Waals surface area contributed by atoms with Crippen molar-refractivity contribution in [3.8, 4) is 0 Å². The van der Waals surface area contributed by atoms with Crippen LogP contribution in [0.2, 0.25) is 0 Å². The molecule has 0 bridgehead atoms. The van der Waals surface area contributed by atoms with Gasteiger partial charge in [0.15, 0.2) is 0 Å². The molecule has 0 saturated heterocycles. The van der Waals surface area contributed by atoms with Crippen LogP contribution in [0.5, 0.6) is 0 Å². The van der Waals surface area contributed by atoms with Crippen molar-refractivity contribution in [1.29, 1.82) is 0 Å². The van der Waals surface area contributed by atoms with Crippen molar-refractivity contribution in [2.75, 3.05) is 17.3 Å². The maximum absolute atomic E-state index is 4.48. The van der Waals surface area contributed by atoms with Crippen LogP contribution in [0.25, 0.3) is 0 Å². The number of anilines is 1. The van der Waals surface area contributed by atoms with E-state index in [1.165, 1.54) is 24.4 Å². The van der Waals surface area contributed by atoms with E-state index < -0.39 is 0 Å². The monoisotopic (exact) mass is 229 g/mol. The molecular formula is C9H15N3S2. The number of hydrogen-bond acceptors (Lipinski definition) is 5. The molecule has 0 aliphatic heterocycles. The first-order valence-electron chi connectivity index (χ1n) is 4.88. The molecule has 1 aromatic rings. The van der Waals surface area contributed by atoms with E-state index in [0.29, 0.717) is 12.0 Å². The van der Waals surface area contributed by atoms with E-state index in [1.807, 2.05) is 11.8 Å². The minimum atomic E-state index is 0.477. The Morgan fingerprint density at radius 3 is 3.07 bits per heavy atom. The predicted molar refractivity (Wildman–Crippen MR) is 63.4 cm³/mol. The largest absolute Gasteiger partial charge is 0.357 e. The molecule has 1 atom stereocenters. The van der Waals surface area contributed by atoms with Gasteiger partial charge in [0, 0.05) is 29.2 Å². The lowest BCUT2D eigenvalue weighted by molar-refractivity contribution is 0.901. The molecule has 3 nitrogen and oxygen atoms in total. The summed E-state index contributed by atoms with van der Waals surface area (Å²) < 4.78 is 4.35. The summed E-state index contributed by atoms with van der Waals surface area (Å²) in [6.07, 6.45) is 4.67. The smallest absolute Gasteiger partial charge is 0.202 e. The van der Waals surface area contributed by atoms with Crippen LogP contribution in [0.3, 0.4) is 0 Å². The van der Waals surface area contributed by atoms with E-state index in [9.17, 15) is 0 Å². The molecule has 2 rings (SSSR count). The van der Waals surface area contributed by atoms with Crippen molar-refractivity contribution >= 4 is 28.4 Å². The summed E-state index contributed by atoms with van der Waals surface area (Å²) in [4.78, 5) is 4.48. The fraction of sp³-hybridized carbons (Fsp3) is 0.778. The van der Waals surface area contributed by atoms with Crippen LogP contribution in [0, 0.1) is 0 Å². The van der Waals surface area contributed by atoms with E-state index in [-0.39, 0.29) is 0 Å². The standard InChI is InChI=1S/C9H15N3S2/c1-6(5-13-2)10-9-11-8(12-14-9)7-3-4-7/h6-7H,3-5H2,1-2H3,(H,10,11,12). The van der Waals surface area contributed by atoms with Crippen LogP contribution in [-0.4, -0.2) is 27.4 Å². The lowest BCUT2D eigenvalue weighted by atomic mass is 10.4. The summed E-state index contributed by atoms with van der Waals surface area (Å²) in [7, 11) is 0. The zero-order chi connectivity index (χ0) is 9.97. The van der Waals surface area contributed by atoms with E-state index >= 15 is 0 Å². The van der Waals surface area contributed by atoms with Gasteiger partial charge in [-0.15, -0.1) is 0 Å². The van der Waals surface area contributed by atoms with Crippen LogP contribution >= 0.6 is 23.3 Å². The highest BCUT2D eigenvalue weighted by Gasteiger charge is 2.27. The van der Waals surface area contributed by atoms with Crippen molar-refractivity contribution in [1.82, 2.24) is 9.36 Å². The molecular weight excluding hydrogens is 214 g/mol. The Bertz CT molecular complexity index is 296. The zero-order valence-corrected chi connectivity index (χ0v) is 10.1. The van der Waals surface area contributed by atoms with Gasteiger partial charge in [0.2, 0.25) is 5.13 Å². The number of aromatic nitrogens is 2. The molecule has 1 aromatic heterocycles. The van der Waals surface area contributed by atoms with Gasteiger partial charge in [0.25, 0.3) is 0 Å². The molecule has 0 spiro atoms. The van der Waals surface area contributed by atoms with Gasteiger partial charge in [0.05, 0.1) is 0 Å². The van der Waals surface area contributed by atoms with Crippen molar-refractivity contribution in [2.24, 2.45) is 0 Å². The highest BCUT2D eigenvalue weighted by molar-refractivity contribution is 7.98. The first kappa shape index (κ1) is 10.2. The normalized spacial score (nSPS) is 18.1. The second kappa shape index (κ2) is 4.49. The fourth-order valence-electron chi connectivity index (χ4n) is 1.30. The number of thioether (sulfide) groups is 1. The number of hydrogen-bond donors (Lipinski definition) is 1. The van der Waals surface area contributed by atoms with Crippen LogP contribution in [0.1, 0.15) is 31.5 Å². The molecule has 14 heavy (non-hydrogen) atoms. The molecule has 5 heteroatoms. The molecule has 78 valence electrons. The Hall–Kier alpha value is -0.290. The highest BCUT2D eigenvalue weighted by Crippen LogP contribution is 2.39. The average Bonchev–Trinajstić information content (AvgIpc) is 2.89. The van der Waals surface area contributed by atoms with Crippen molar-refractivity contribution in [2.45, 2.75) is 31.7 Å². The van der Waals surface area contributed by atoms with Crippen LogP contribution in [0.4, 0.5) is 5.13 Å². The summed E-state index contributed by atoms with van der Waals surface area (Å²) in [5.74, 6) is 2.82. The number of rotatable bonds is 5. The van der Waals surface area contributed by atoms with Gasteiger partial charge < -0.3 is 5.32 Å². The van der Waals surface area contributed by atoms with Gasteiger partial charge in [-0.1, -0.05) is 0 Å². The minimum absolute atomic E-state index is 0.477. The summed E-state index contributed by atoms with van der Waals surface area (Å²) in [6.45, 7) is 2.18. The summed E-state index contributed by atoms with van der Waals surface area (Å²) in [5, 5.41) is 4.35. The lowest BCUT2D eigenvalue weighted by Crippen LogP contribution is -2.17. The molecule has 1 unspecified atom stereocenters. The van der Waals surface area contributed by atoms with Gasteiger partial charge in [-0.05, 0) is 26.0 Å². The molecule has 1 heterocycles. The third kappa shape index (κ3) is 2.60. The summed E-state index contributed by atoms with van der Waals surface area (Å²) in [6, 6.07) is 0.477. The van der Waals surface area contributed by atoms with Gasteiger partial charge in [-0.3, -0.25) is 0 Å². The summed E-state index contributed by atoms with van der Waals surface area (Å²) in [5.41, 5.74) is 0. The molecule has 1 fully saturated rings. The van der Waals surface area contributed by atoms with Gasteiger partial charge >= 0.3 is 0 Å². The Kier molecular flexibility index (Phi) is 3.28. The average molecular weight is 229 g/mol. The first-order valence-corrected chi connectivity index (χ1v) is 7.05. The number of nitrogens with zero attached hydrogens (tertiary/aromatic N) is 2. The number of nitrogens with one attached hydrogen (secondary N) is 1.